The van der Waals surface area contributed by atoms with E-state index in [1.165, 1.54) is 11.1 Å². The SMILES string of the molecule is c1cc2c(CN3CCNCC3)[nH]nc2cn1. The van der Waals surface area contributed by atoms with E-state index < -0.39 is 0 Å². The van der Waals surface area contributed by atoms with Crippen molar-refractivity contribution in [3.8, 4) is 0 Å². The lowest BCUT2D eigenvalue weighted by atomic mass is 10.2. The van der Waals surface area contributed by atoms with E-state index in [2.05, 4.69) is 25.4 Å². The van der Waals surface area contributed by atoms with Crippen LogP contribution in [0, 0.1) is 0 Å². The smallest absolute Gasteiger partial charge is 0.111 e. The Kier molecular flexibility index (Phi) is 2.55. The number of aromatic amines is 1. The molecule has 0 amide bonds. The molecule has 3 heterocycles. The molecule has 0 spiro atoms. The molecule has 1 aliphatic heterocycles. The van der Waals surface area contributed by atoms with Gasteiger partial charge in [0, 0.05) is 44.3 Å². The highest BCUT2D eigenvalue weighted by atomic mass is 15.2. The van der Waals surface area contributed by atoms with Gasteiger partial charge in [-0.3, -0.25) is 15.0 Å². The van der Waals surface area contributed by atoms with Gasteiger partial charge in [0.25, 0.3) is 0 Å². The average Bonchev–Trinajstić information content (AvgIpc) is 2.74. The predicted molar refractivity (Wildman–Crippen MR) is 62.0 cm³/mol. The van der Waals surface area contributed by atoms with Crippen LogP contribution in [0.4, 0.5) is 0 Å². The van der Waals surface area contributed by atoms with E-state index in [1.807, 2.05) is 12.3 Å². The topological polar surface area (TPSA) is 56.8 Å². The zero-order chi connectivity index (χ0) is 10.8. The van der Waals surface area contributed by atoms with Crippen LogP contribution < -0.4 is 5.32 Å². The van der Waals surface area contributed by atoms with Gasteiger partial charge in [0.15, 0.2) is 0 Å². The van der Waals surface area contributed by atoms with Crippen LogP contribution in [0.5, 0.6) is 0 Å². The number of pyridine rings is 1. The third kappa shape index (κ3) is 1.79. The molecule has 0 aromatic carbocycles. The molecule has 0 radical (unpaired) electrons. The van der Waals surface area contributed by atoms with Gasteiger partial charge >= 0.3 is 0 Å². The van der Waals surface area contributed by atoms with Crippen LogP contribution in [0.25, 0.3) is 10.9 Å². The summed E-state index contributed by atoms with van der Waals surface area (Å²) in [6, 6.07) is 2.02. The first-order valence-electron chi connectivity index (χ1n) is 5.63. The van der Waals surface area contributed by atoms with E-state index >= 15 is 0 Å². The summed E-state index contributed by atoms with van der Waals surface area (Å²) >= 11 is 0. The van der Waals surface area contributed by atoms with E-state index in [9.17, 15) is 0 Å². The van der Waals surface area contributed by atoms with Crippen LogP contribution in [0.15, 0.2) is 18.5 Å². The van der Waals surface area contributed by atoms with E-state index in [4.69, 9.17) is 0 Å². The van der Waals surface area contributed by atoms with Crippen LogP contribution >= 0.6 is 0 Å². The molecule has 2 aromatic heterocycles. The monoisotopic (exact) mass is 217 g/mol. The average molecular weight is 217 g/mol. The maximum absolute atomic E-state index is 4.25. The van der Waals surface area contributed by atoms with Crippen molar-refractivity contribution >= 4 is 10.9 Å². The molecule has 16 heavy (non-hydrogen) atoms. The number of rotatable bonds is 2. The predicted octanol–water partition coefficient (Wildman–Crippen LogP) is 0.363. The van der Waals surface area contributed by atoms with Crippen molar-refractivity contribution in [2.24, 2.45) is 0 Å². The summed E-state index contributed by atoms with van der Waals surface area (Å²) in [5.41, 5.74) is 2.15. The van der Waals surface area contributed by atoms with Crippen molar-refractivity contribution in [2.45, 2.75) is 6.54 Å². The zero-order valence-corrected chi connectivity index (χ0v) is 9.11. The Morgan fingerprint density at radius 1 is 1.31 bits per heavy atom. The van der Waals surface area contributed by atoms with Gasteiger partial charge in [0.1, 0.15) is 5.52 Å². The first-order valence-corrected chi connectivity index (χ1v) is 5.63. The molecule has 5 nitrogen and oxygen atoms in total. The molecule has 0 saturated carbocycles. The van der Waals surface area contributed by atoms with Crippen molar-refractivity contribution in [1.82, 2.24) is 25.4 Å². The van der Waals surface area contributed by atoms with Gasteiger partial charge in [0.05, 0.1) is 11.9 Å². The third-order valence-corrected chi connectivity index (χ3v) is 3.03. The minimum absolute atomic E-state index is 0.947. The van der Waals surface area contributed by atoms with Gasteiger partial charge in [-0.15, -0.1) is 0 Å². The summed E-state index contributed by atoms with van der Waals surface area (Å²) in [6.07, 6.45) is 3.62. The number of piperazine rings is 1. The van der Waals surface area contributed by atoms with Crippen molar-refractivity contribution in [2.75, 3.05) is 26.2 Å². The van der Waals surface area contributed by atoms with Gasteiger partial charge in [-0.1, -0.05) is 0 Å². The summed E-state index contributed by atoms with van der Waals surface area (Å²) in [7, 11) is 0. The Labute approximate surface area is 93.9 Å². The normalized spacial score (nSPS) is 18.0. The molecule has 1 saturated heterocycles. The number of aromatic nitrogens is 3. The van der Waals surface area contributed by atoms with E-state index in [0.717, 1.165) is 38.2 Å². The second-order valence-electron chi connectivity index (χ2n) is 4.12. The quantitative estimate of drug-likeness (QED) is 0.762. The Morgan fingerprint density at radius 2 is 2.19 bits per heavy atom. The second kappa shape index (κ2) is 4.19. The highest BCUT2D eigenvalue weighted by molar-refractivity contribution is 5.80. The maximum Gasteiger partial charge on any atom is 0.111 e. The molecule has 0 atom stereocenters. The summed E-state index contributed by atoms with van der Waals surface area (Å²) in [5.74, 6) is 0. The van der Waals surface area contributed by atoms with E-state index in [0.29, 0.717) is 0 Å². The van der Waals surface area contributed by atoms with Crippen LogP contribution in [-0.4, -0.2) is 46.3 Å². The molecule has 0 aliphatic carbocycles. The molecule has 2 N–H and O–H groups in total. The number of H-pyrrole nitrogens is 1. The molecule has 1 fully saturated rings. The van der Waals surface area contributed by atoms with Gasteiger partial charge in [-0.25, -0.2) is 0 Å². The van der Waals surface area contributed by atoms with Crippen molar-refractivity contribution in [3.63, 3.8) is 0 Å². The molecular formula is C11H15N5. The summed E-state index contributed by atoms with van der Waals surface area (Å²) in [6.45, 7) is 5.31. The lowest BCUT2D eigenvalue weighted by Gasteiger charge is -2.26. The summed E-state index contributed by atoms with van der Waals surface area (Å²) in [5, 5.41) is 11.9. The van der Waals surface area contributed by atoms with Crippen molar-refractivity contribution in [3.05, 3.63) is 24.2 Å². The lowest BCUT2D eigenvalue weighted by Crippen LogP contribution is -2.42. The molecule has 1 aliphatic rings. The van der Waals surface area contributed by atoms with Crippen LogP contribution in [0.2, 0.25) is 0 Å². The Bertz CT molecular complexity index is 472. The summed E-state index contributed by atoms with van der Waals surface area (Å²) in [4.78, 5) is 6.50. The van der Waals surface area contributed by atoms with E-state index in [-0.39, 0.29) is 0 Å². The minimum Gasteiger partial charge on any atom is -0.314 e. The number of nitrogens with one attached hydrogen (secondary N) is 2. The fourth-order valence-electron chi connectivity index (χ4n) is 2.13. The fourth-order valence-corrected chi connectivity index (χ4v) is 2.13. The van der Waals surface area contributed by atoms with Crippen LogP contribution in [0.1, 0.15) is 5.69 Å². The molecule has 0 bridgehead atoms. The Hall–Kier alpha value is -1.46. The van der Waals surface area contributed by atoms with Crippen molar-refractivity contribution < 1.29 is 0 Å². The first-order chi connectivity index (χ1) is 7.93. The molecule has 2 aromatic rings. The molecular weight excluding hydrogens is 202 g/mol. The molecule has 5 heteroatoms. The fraction of sp³-hybridized carbons (Fsp3) is 0.455. The number of hydrogen-bond acceptors (Lipinski definition) is 4. The van der Waals surface area contributed by atoms with Crippen LogP contribution in [-0.2, 0) is 6.54 Å². The van der Waals surface area contributed by atoms with Gasteiger partial charge in [-0.2, -0.15) is 5.10 Å². The highest BCUT2D eigenvalue weighted by Crippen LogP contribution is 2.15. The number of fused-ring (bicyclic) bond motifs is 1. The maximum atomic E-state index is 4.25. The van der Waals surface area contributed by atoms with Gasteiger partial charge in [-0.05, 0) is 6.07 Å². The zero-order valence-electron chi connectivity index (χ0n) is 9.11. The number of nitrogens with zero attached hydrogens (tertiary/aromatic N) is 3. The van der Waals surface area contributed by atoms with Crippen LogP contribution in [0.3, 0.4) is 0 Å². The largest absolute Gasteiger partial charge is 0.314 e. The van der Waals surface area contributed by atoms with Gasteiger partial charge < -0.3 is 5.32 Å². The summed E-state index contributed by atoms with van der Waals surface area (Å²) < 4.78 is 0. The van der Waals surface area contributed by atoms with Crippen molar-refractivity contribution in [1.29, 1.82) is 0 Å². The highest BCUT2D eigenvalue weighted by Gasteiger charge is 2.12. The number of hydrogen-bond donors (Lipinski definition) is 2. The molecule has 84 valence electrons. The Balaban J connectivity index is 1.83. The van der Waals surface area contributed by atoms with Gasteiger partial charge in [0.2, 0.25) is 0 Å². The standard InChI is InChI=1S/C11H15N5/c1-2-13-7-10-9(1)11(15-14-10)8-16-5-3-12-4-6-16/h1-2,7,12H,3-6,8H2,(H,14,15). The Morgan fingerprint density at radius 3 is 3.06 bits per heavy atom. The second-order valence-corrected chi connectivity index (χ2v) is 4.12. The first kappa shape index (κ1) is 9.74. The third-order valence-electron chi connectivity index (χ3n) is 3.03. The minimum atomic E-state index is 0.947. The lowest BCUT2D eigenvalue weighted by molar-refractivity contribution is 0.231. The molecule has 0 unspecified atom stereocenters. The van der Waals surface area contributed by atoms with E-state index in [1.54, 1.807) is 6.20 Å². The molecule has 3 rings (SSSR count).